The molecule has 2 aromatic carbocycles. The first kappa shape index (κ1) is 24.6. The SMILES string of the molecule is Cc1nc(Nc2ccc(F)cc2)nc(N2CCc3cc(OC(=O)[C@@H](N)C(C)C)ccc3C2C)c1C. The van der Waals surface area contributed by atoms with Crippen molar-refractivity contribution in [1.29, 1.82) is 0 Å². The number of carbonyl (C=O) groups excluding carboxylic acids is 1. The summed E-state index contributed by atoms with van der Waals surface area (Å²) in [5.41, 5.74) is 10.8. The van der Waals surface area contributed by atoms with Crippen LogP contribution in [0.3, 0.4) is 0 Å². The number of benzene rings is 2. The van der Waals surface area contributed by atoms with E-state index in [1.165, 1.54) is 12.1 Å². The number of nitrogens with two attached hydrogens (primary N) is 1. The molecule has 0 saturated heterocycles. The topological polar surface area (TPSA) is 93.4 Å². The molecule has 35 heavy (non-hydrogen) atoms. The molecule has 0 radical (unpaired) electrons. The molecule has 0 spiro atoms. The third-order valence-corrected chi connectivity index (χ3v) is 6.60. The molecule has 184 valence electrons. The molecule has 0 aliphatic carbocycles. The predicted molar refractivity (Wildman–Crippen MR) is 136 cm³/mol. The molecule has 4 rings (SSSR count). The lowest BCUT2D eigenvalue weighted by Gasteiger charge is -2.37. The van der Waals surface area contributed by atoms with Crippen molar-refractivity contribution in [2.75, 3.05) is 16.8 Å². The number of hydrogen-bond acceptors (Lipinski definition) is 7. The van der Waals surface area contributed by atoms with Gasteiger partial charge in [-0.2, -0.15) is 4.98 Å². The Bertz CT molecular complexity index is 1230. The van der Waals surface area contributed by atoms with Crippen molar-refractivity contribution in [2.24, 2.45) is 11.7 Å². The highest BCUT2D eigenvalue weighted by molar-refractivity contribution is 5.78. The van der Waals surface area contributed by atoms with Gasteiger partial charge in [0.1, 0.15) is 23.4 Å². The highest BCUT2D eigenvalue weighted by Crippen LogP contribution is 2.36. The Balaban J connectivity index is 1.57. The molecule has 0 amide bonds. The van der Waals surface area contributed by atoms with Crippen molar-refractivity contribution in [1.82, 2.24) is 9.97 Å². The summed E-state index contributed by atoms with van der Waals surface area (Å²) in [6.07, 6.45) is 0.782. The van der Waals surface area contributed by atoms with Crippen LogP contribution < -0.4 is 20.7 Å². The van der Waals surface area contributed by atoms with E-state index in [1.807, 2.05) is 45.9 Å². The van der Waals surface area contributed by atoms with E-state index < -0.39 is 12.0 Å². The highest BCUT2D eigenvalue weighted by atomic mass is 19.1. The molecule has 3 N–H and O–H groups in total. The van der Waals surface area contributed by atoms with Crippen molar-refractivity contribution in [3.63, 3.8) is 0 Å². The fourth-order valence-electron chi connectivity index (χ4n) is 4.23. The summed E-state index contributed by atoms with van der Waals surface area (Å²) < 4.78 is 18.8. The normalized spacial score (nSPS) is 16.1. The Morgan fingerprint density at radius 2 is 1.89 bits per heavy atom. The fraction of sp³-hybridized carbons (Fsp3) is 0.370. The molecule has 3 aromatic rings. The summed E-state index contributed by atoms with van der Waals surface area (Å²) in [6.45, 7) is 10.7. The number of nitrogens with one attached hydrogen (secondary N) is 1. The van der Waals surface area contributed by atoms with E-state index >= 15 is 0 Å². The zero-order chi connectivity index (χ0) is 25.3. The van der Waals surface area contributed by atoms with Crippen LogP contribution in [0, 0.1) is 25.6 Å². The van der Waals surface area contributed by atoms with Gasteiger partial charge in [-0.1, -0.05) is 19.9 Å². The largest absolute Gasteiger partial charge is 0.425 e. The Morgan fingerprint density at radius 3 is 2.57 bits per heavy atom. The monoisotopic (exact) mass is 477 g/mol. The average Bonchev–Trinajstić information content (AvgIpc) is 2.82. The highest BCUT2D eigenvalue weighted by Gasteiger charge is 2.28. The number of ether oxygens (including phenoxy) is 1. The van der Waals surface area contributed by atoms with Crippen molar-refractivity contribution < 1.29 is 13.9 Å². The predicted octanol–water partition coefficient (Wildman–Crippen LogP) is 4.99. The first-order valence-corrected chi connectivity index (χ1v) is 11.9. The van der Waals surface area contributed by atoms with Gasteiger partial charge in [0.05, 0.1) is 6.04 Å². The first-order valence-electron chi connectivity index (χ1n) is 11.9. The number of halogens is 1. The van der Waals surface area contributed by atoms with Gasteiger partial charge in [-0.3, -0.25) is 0 Å². The van der Waals surface area contributed by atoms with Gasteiger partial charge >= 0.3 is 5.97 Å². The zero-order valence-corrected chi connectivity index (χ0v) is 20.8. The molecule has 1 aromatic heterocycles. The smallest absolute Gasteiger partial charge is 0.328 e. The Hall–Kier alpha value is -3.52. The second kappa shape index (κ2) is 10.00. The van der Waals surface area contributed by atoms with Crippen LogP contribution >= 0.6 is 0 Å². The van der Waals surface area contributed by atoms with Gasteiger partial charge in [0.15, 0.2) is 0 Å². The van der Waals surface area contributed by atoms with Gasteiger partial charge < -0.3 is 20.7 Å². The summed E-state index contributed by atoms with van der Waals surface area (Å²) in [5.74, 6) is 1.15. The molecule has 0 saturated carbocycles. The van der Waals surface area contributed by atoms with Gasteiger partial charge in [-0.25, -0.2) is 14.2 Å². The summed E-state index contributed by atoms with van der Waals surface area (Å²) in [4.78, 5) is 23.9. The molecular formula is C27H32FN5O2. The van der Waals surface area contributed by atoms with Gasteiger partial charge in [-0.15, -0.1) is 0 Å². The van der Waals surface area contributed by atoms with Crippen LogP contribution in [-0.4, -0.2) is 28.5 Å². The van der Waals surface area contributed by atoms with Gasteiger partial charge in [0.25, 0.3) is 0 Å². The summed E-state index contributed by atoms with van der Waals surface area (Å²) >= 11 is 0. The van der Waals surface area contributed by atoms with E-state index in [0.717, 1.165) is 46.9 Å². The Morgan fingerprint density at radius 1 is 1.17 bits per heavy atom. The second-order valence-corrected chi connectivity index (χ2v) is 9.38. The van der Waals surface area contributed by atoms with Gasteiger partial charge in [-0.05, 0) is 80.6 Å². The third kappa shape index (κ3) is 5.27. The van der Waals surface area contributed by atoms with E-state index in [-0.39, 0.29) is 17.8 Å². The molecule has 1 aliphatic heterocycles. The lowest BCUT2D eigenvalue weighted by atomic mass is 9.93. The number of esters is 1. The number of aryl methyl sites for hydroxylation is 1. The second-order valence-electron chi connectivity index (χ2n) is 9.38. The molecular weight excluding hydrogens is 445 g/mol. The van der Waals surface area contributed by atoms with Crippen LogP contribution in [0.4, 0.5) is 21.8 Å². The van der Waals surface area contributed by atoms with Crippen molar-refractivity contribution in [3.8, 4) is 5.75 Å². The van der Waals surface area contributed by atoms with Crippen molar-refractivity contribution >= 4 is 23.4 Å². The maximum Gasteiger partial charge on any atom is 0.328 e. The lowest BCUT2D eigenvalue weighted by Crippen LogP contribution is -2.38. The number of hydrogen-bond donors (Lipinski definition) is 2. The molecule has 1 unspecified atom stereocenters. The van der Waals surface area contributed by atoms with Gasteiger partial charge in [0, 0.05) is 23.5 Å². The Kier molecular flexibility index (Phi) is 7.03. The van der Waals surface area contributed by atoms with E-state index in [1.54, 1.807) is 12.1 Å². The quantitative estimate of drug-likeness (QED) is 0.382. The van der Waals surface area contributed by atoms with E-state index in [9.17, 15) is 9.18 Å². The third-order valence-electron chi connectivity index (χ3n) is 6.60. The van der Waals surface area contributed by atoms with Crippen LogP contribution in [0.2, 0.25) is 0 Å². The molecule has 0 fully saturated rings. The van der Waals surface area contributed by atoms with Crippen LogP contribution in [0.1, 0.15) is 49.2 Å². The number of carbonyl (C=O) groups is 1. The lowest BCUT2D eigenvalue weighted by molar-refractivity contribution is -0.136. The number of aromatic nitrogens is 2. The summed E-state index contributed by atoms with van der Waals surface area (Å²) in [7, 11) is 0. The molecule has 2 heterocycles. The average molecular weight is 478 g/mol. The maximum absolute atomic E-state index is 13.3. The maximum atomic E-state index is 13.3. The fourth-order valence-corrected chi connectivity index (χ4v) is 4.23. The summed E-state index contributed by atoms with van der Waals surface area (Å²) in [5, 5.41) is 3.18. The minimum atomic E-state index is -0.651. The number of rotatable bonds is 6. The summed E-state index contributed by atoms with van der Waals surface area (Å²) in [6, 6.07) is 11.3. The minimum absolute atomic E-state index is 0.00991. The van der Waals surface area contributed by atoms with E-state index in [4.69, 9.17) is 15.5 Å². The molecule has 2 atom stereocenters. The number of anilines is 3. The van der Waals surface area contributed by atoms with Crippen molar-refractivity contribution in [2.45, 2.75) is 53.1 Å². The van der Waals surface area contributed by atoms with Crippen molar-refractivity contribution in [3.05, 3.63) is 70.7 Å². The van der Waals surface area contributed by atoms with Crippen LogP contribution in [-0.2, 0) is 11.2 Å². The number of nitrogens with zero attached hydrogens (tertiary/aromatic N) is 3. The van der Waals surface area contributed by atoms with E-state index in [0.29, 0.717) is 11.7 Å². The van der Waals surface area contributed by atoms with Crippen LogP contribution in [0.15, 0.2) is 42.5 Å². The Labute approximate surface area is 205 Å². The molecule has 1 aliphatic rings. The molecule has 0 bridgehead atoms. The van der Waals surface area contributed by atoms with Gasteiger partial charge in [0.2, 0.25) is 5.95 Å². The zero-order valence-electron chi connectivity index (χ0n) is 20.8. The van der Waals surface area contributed by atoms with E-state index in [2.05, 4.69) is 22.1 Å². The number of fused-ring (bicyclic) bond motifs is 1. The standard InChI is InChI=1S/C27H32FN5O2/c1-15(2)24(29)26(34)35-22-10-11-23-18(5)33(13-12-19(23)14-22)25-16(3)17(4)30-27(32-25)31-21-8-6-20(28)7-9-21/h6-11,14-15,18,24H,12-13,29H2,1-5H3,(H,30,31,32)/t18?,24-/m0/s1. The van der Waals surface area contributed by atoms with Crippen LogP contribution in [0.25, 0.3) is 0 Å². The molecule has 8 heteroatoms. The minimum Gasteiger partial charge on any atom is -0.425 e. The van der Waals surface area contributed by atoms with Crippen LogP contribution in [0.5, 0.6) is 5.75 Å². The molecule has 7 nitrogen and oxygen atoms in total. The first-order chi connectivity index (χ1) is 16.6.